The highest BCUT2D eigenvalue weighted by Gasteiger charge is 2.15. The number of hydrazine groups is 1. The summed E-state index contributed by atoms with van der Waals surface area (Å²) in [6.45, 7) is 0. The first-order chi connectivity index (χ1) is 14.3. The van der Waals surface area contributed by atoms with Gasteiger partial charge in [0.1, 0.15) is 5.82 Å². The molecule has 30 heavy (non-hydrogen) atoms. The molecule has 3 aromatic rings. The highest BCUT2D eigenvalue weighted by atomic mass is 32.2. The molecule has 9 heteroatoms. The number of sulfonamides is 1. The minimum Gasteiger partial charge on any atom is -0.280 e. The second-order valence-corrected chi connectivity index (χ2v) is 7.99. The first-order valence-corrected chi connectivity index (χ1v) is 10.3. The molecule has 7 nitrogen and oxygen atoms in total. The zero-order chi connectivity index (χ0) is 21.6. The van der Waals surface area contributed by atoms with E-state index < -0.39 is 27.7 Å². The summed E-state index contributed by atoms with van der Waals surface area (Å²) in [5.74, 6) is -1.52. The molecule has 154 valence electrons. The Morgan fingerprint density at radius 1 is 0.833 bits per heavy atom. The molecule has 0 aliphatic carbocycles. The molecule has 0 aromatic heterocycles. The Kier molecular flexibility index (Phi) is 6.43. The summed E-state index contributed by atoms with van der Waals surface area (Å²) in [6.07, 6.45) is -0.0442. The lowest BCUT2D eigenvalue weighted by Gasteiger charge is -2.10. The summed E-state index contributed by atoms with van der Waals surface area (Å²) >= 11 is 0. The zero-order valence-electron chi connectivity index (χ0n) is 15.6. The van der Waals surface area contributed by atoms with E-state index in [1.165, 1.54) is 60.7 Å². The van der Waals surface area contributed by atoms with Crippen LogP contribution < -0.4 is 15.6 Å². The summed E-state index contributed by atoms with van der Waals surface area (Å²) in [5, 5.41) is 0. The number of anilines is 1. The standard InChI is InChI=1S/C21H18FN3O4S/c22-17-11-9-15(10-12-17)13-20(26)23-24-21(27)16-5-4-6-18(14-16)25-30(28,29)19-7-2-1-3-8-19/h1-12,14,25H,13H2,(H,23,26)(H,24,27). The van der Waals surface area contributed by atoms with Crippen molar-refractivity contribution in [3.05, 3.63) is 95.8 Å². The van der Waals surface area contributed by atoms with Crippen molar-refractivity contribution in [2.24, 2.45) is 0 Å². The van der Waals surface area contributed by atoms with E-state index in [0.29, 0.717) is 5.56 Å². The molecule has 0 radical (unpaired) electrons. The first-order valence-electron chi connectivity index (χ1n) is 8.85. The van der Waals surface area contributed by atoms with E-state index in [1.54, 1.807) is 18.2 Å². The number of benzene rings is 3. The van der Waals surface area contributed by atoms with Crippen LogP contribution in [0.5, 0.6) is 0 Å². The fourth-order valence-corrected chi connectivity index (χ4v) is 3.64. The SMILES string of the molecule is O=C(Cc1ccc(F)cc1)NNC(=O)c1cccc(NS(=O)(=O)c2ccccc2)c1. The molecule has 3 N–H and O–H groups in total. The number of nitrogens with one attached hydrogen (secondary N) is 3. The highest BCUT2D eigenvalue weighted by Crippen LogP contribution is 2.17. The van der Waals surface area contributed by atoms with Crippen LogP contribution >= 0.6 is 0 Å². The van der Waals surface area contributed by atoms with Crippen LogP contribution in [0.15, 0.2) is 83.8 Å². The number of hydrogen-bond donors (Lipinski definition) is 3. The van der Waals surface area contributed by atoms with Gasteiger partial charge in [-0.1, -0.05) is 36.4 Å². The molecule has 0 aliphatic heterocycles. The van der Waals surface area contributed by atoms with Gasteiger partial charge in [0.05, 0.1) is 11.3 Å². The predicted octanol–water partition coefficient (Wildman–Crippen LogP) is 2.63. The lowest BCUT2D eigenvalue weighted by Crippen LogP contribution is -2.42. The van der Waals surface area contributed by atoms with Gasteiger partial charge in [-0.2, -0.15) is 0 Å². The number of rotatable bonds is 6. The molecule has 3 rings (SSSR count). The average molecular weight is 427 g/mol. The monoisotopic (exact) mass is 427 g/mol. The van der Waals surface area contributed by atoms with E-state index in [2.05, 4.69) is 15.6 Å². The van der Waals surface area contributed by atoms with Gasteiger partial charge in [-0.3, -0.25) is 25.2 Å². The summed E-state index contributed by atoms with van der Waals surface area (Å²) in [6, 6.07) is 19.1. The quantitative estimate of drug-likeness (QED) is 0.526. The maximum absolute atomic E-state index is 12.9. The van der Waals surface area contributed by atoms with Crippen LogP contribution in [0.25, 0.3) is 0 Å². The van der Waals surface area contributed by atoms with Crippen molar-refractivity contribution in [2.45, 2.75) is 11.3 Å². The Morgan fingerprint density at radius 3 is 2.23 bits per heavy atom. The molecular weight excluding hydrogens is 409 g/mol. The minimum atomic E-state index is -3.80. The van der Waals surface area contributed by atoms with Crippen molar-refractivity contribution >= 4 is 27.5 Å². The fraction of sp³-hybridized carbons (Fsp3) is 0.0476. The van der Waals surface area contributed by atoms with Crippen molar-refractivity contribution < 1.29 is 22.4 Å². The highest BCUT2D eigenvalue weighted by molar-refractivity contribution is 7.92. The Balaban J connectivity index is 1.60. The van der Waals surface area contributed by atoms with Crippen LogP contribution in [0, 0.1) is 5.82 Å². The maximum Gasteiger partial charge on any atom is 0.269 e. The van der Waals surface area contributed by atoms with Crippen LogP contribution in [-0.2, 0) is 21.2 Å². The van der Waals surface area contributed by atoms with Crippen LogP contribution in [-0.4, -0.2) is 20.2 Å². The molecule has 0 saturated heterocycles. The van der Waals surface area contributed by atoms with E-state index >= 15 is 0 Å². The molecule has 0 bridgehead atoms. The van der Waals surface area contributed by atoms with Crippen LogP contribution in [0.2, 0.25) is 0 Å². The number of carbonyl (C=O) groups excluding carboxylic acids is 2. The third-order valence-corrected chi connectivity index (χ3v) is 5.42. The predicted molar refractivity (Wildman–Crippen MR) is 109 cm³/mol. The van der Waals surface area contributed by atoms with Crippen LogP contribution in [0.3, 0.4) is 0 Å². The van der Waals surface area contributed by atoms with Crippen LogP contribution in [0.4, 0.5) is 10.1 Å². The summed E-state index contributed by atoms with van der Waals surface area (Å²) in [7, 11) is -3.80. The van der Waals surface area contributed by atoms with Crippen molar-refractivity contribution in [1.29, 1.82) is 0 Å². The lowest BCUT2D eigenvalue weighted by atomic mass is 10.1. The summed E-state index contributed by atoms with van der Waals surface area (Å²) in [5.41, 5.74) is 5.45. The second-order valence-electron chi connectivity index (χ2n) is 6.30. The molecule has 0 heterocycles. The zero-order valence-corrected chi connectivity index (χ0v) is 16.4. The van der Waals surface area contributed by atoms with Crippen molar-refractivity contribution in [3.8, 4) is 0 Å². The topological polar surface area (TPSA) is 104 Å². The Bertz CT molecular complexity index is 1150. The van der Waals surface area contributed by atoms with Crippen LogP contribution in [0.1, 0.15) is 15.9 Å². The van der Waals surface area contributed by atoms with Gasteiger partial charge in [-0.05, 0) is 48.0 Å². The third kappa shape index (κ3) is 5.65. The summed E-state index contributed by atoms with van der Waals surface area (Å²) in [4.78, 5) is 24.3. The minimum absolute atomic E-state index is 0.0442. The summed E-state index contributed by atoms with van der Waals surface area (Å²) < 4.78 is 40.1. The largest absolute Gasteiger partial charge is 0.280 e. The Hall–Kier alpha value is -3.72. The number of halogens is 1. The molecule has 0 atom stereocenters. The normalized spacial score (nSPS) is 10.8. The van der Waals surface area contributed by atoms with E-state index in [0.717, 1.165) is 0 Å². The Labute approximate surface area is 173 Å². The van der Waals surface area contributed by atoms with Gasteiger partial charge in [0.15, 0.2) is 0 Å². The maximum atomic E-state index is 12.9. The van der Waals surface area contributed by atoms with Crippen molar-refractivity contribution in [2.75, 3.05) is 4.72 Å². The van der Waals surface area contributed by atoms with Gasteiger partial charge in [-0.25, -0.2) is 12.8 Å². The molecular formula is C21H18FN3O4S. The van der Waals surface area contributed by atoms with E-state index in [4.69, 9.17) is 0 Å². The van der Waals surface area contributed by atoms with E-state index in [9.17, 15) is 22.4 Å². The van der Waals surface area contributed by atoms with Crippen molar-refractivity contribution in [1.82, 2.24) is 10.9 Å². The van der Waals surface area contributed by atoms with Gasteiger partial charge in [0.2, 0.25) is 5.91 Å². The van der Waals surface area contributed by atoms with Gasteiger partial charge in [0.25, 0.3) is 15.9 Å². The third-order valence-electron chi connectivity index (χ3n) is 4.02. The molecule has 0 spiro atoms. The lowest BCUT2D eigenvalue weighted by molar-refractivity contribution is -0.121. The molecule has 3 aromatic carbocycles. The van der Waals surface area contributed by atoms with E-state index in [1.807, 2.05) is 0 Å². The molecule has 0 unspecified atom stereocenters. The van der Waals surface area contributed by atoms with E-state index in [-0.39, 0.29) is 22.6 Å². The fourth-order valence-electron chi connectivity index (χ4n) is 2.57. The first kappa shape index (κ1) is 21.0. The number of carbonyl (C=O) groups is 2. The number of amides is 2. The molecule has 2 amide bonds. The van der Waals surface area contributed by atoms with Gasteiger partial charge in [0, 0.05) is 11.3 Å². The van der Waals surface area contributed by atoms with Gasteiger partial charge in [-0.15, -0.1) is 0 Å². The number of hydrogen-bond acceptors (Lipinski definition) is 4. The Morgan fingerprint density at radius 2 is 1.53 bits per heavy atom. The van der Waals surface area contributed by atoms with Gasteiger partial charge < -0.3 is 0 Å². The van der Waals surface area contributed by atoms with Gasteiger partial charge >= 0.3 is 0 Å². The smallest absolute Gasteiger partial charge is 0.269 e. The van der Waals surface area contributed by atoms with Crippen molar-refractivity contribution in [3.63, 3.8) is 0 Å². The molecule has 0 aliphatic rings. The molecule has 0 fully saturated rings. The molecule has 0 saturated carbocycles. The second kappa shape index (κ2) is 9.19. The average Bonchev–Trinajstić information content (AvgIpc) is 2.74.